The van der Waals surface area contributed by atoms with Crippen molar-refractivity contribution in [3.05, 3.63) is 164 Å². The van der Waals surface area contributed by atoms with Crippen LogP contribution in [0.1, 0.15) is 45.0 Å². The molecule has 1 aromatic heterocycles. The number of hydrogen-bond acceptors (Lipinski definition) is 10. The normalized spacial score (nSPS) is 16.3. The maximum atomic E-state index is 14.5. The lowest BCUT2D eigenvalue weighted by atomic mass is 9.93. The zero-order valence-electron chi connectivity index (χ0n) is 33.6. The highest BCUT2D eigenvalue weighted by Crippen LogP contribution is 2.42. The van der Waals surface area contributed by atoms with E-state index in [1.165, 1.54) is 6.07 Å². The first kappa shape index (κ1) is 43.0. The molecule has 13 nitrogen and oxygen atoms in total. The van der Waals surface area contributed by atoms with Crippen LogP contribution in [0.3, 0.4) is 0 Å². The molecule has 2 aliphatic rings. The molecule has 8 rings (SSSR count). The maximum Gasteiger partial charge on any atom is 0.326 e. The average Bonchev–Trinajstić information content (AvgIpc) is 3.28. The Bertz CT molecular complexity index is 2870. The van der Waals surface area contributed by atoms with Gasteiger partial charge in [-0.15, -0.1) is 0 Å². The number of halogens is 2. The number of aromatic nitrogens is 1. The van der Waals surface area contributed by atoms with E-state index in [9.17, 15) is 23.1 Å². The standard InChI is InChI=1S/C47H39Cl2N5O8S/c1-27-16-45(51)52-23-44(27)63(58,59)54-24-35-21-42-41(61-26-43(62-42)33-11-13-36(14-12-33)60-25-30-6-15-37(48)38(49)17-30)20-34(35)19-40(54)46(55)53-39(47(56)57)18-28-2-7-31(8-3-28)32-9-4-29(22-50)5-10-32/h2-17,20-21,23,39-40,43H,18-19,24-26H2,1H3,(H2,51,52)(H,53,55)(H,56,57)/t39?,40-,43+/m0/s1. The number of carboxylic acid groups (broad SMARTS) is 1. The van der Waals surface area contributed by atoms with Crippen LogP contribution < -0.4 is 25.3 Å². The van der Waals surface area contributed by atoms with E-state index in [0.717, 1.165) is 32.8 Å². The molecule has 16 heteroatoms. The van der Waals surface area contributed by atoms with Crippen molar-refractivity contribution in [2.24, 2.45) is 0 Å². The van der Waals surface area contributed by atoms with Crippen molar-refractivity contribution in [2.45, 2.75) is 56.0 Å². The van der Waals surface area contributed by atoms with Crippen molar-refractivity contribution in [3.8, 4) is 34.4 Å². The summed E-state index contributed by atoms with van der Waals surface area (Å²) in [6, 6.07) is 31.2. The molecule has 4 N–H and O–H groups in total. The van der Waals surface area contributed by atoms with Crippen LogP contribution in [0.2, 0.25) is 10.0 Å². The van der Waals surface area contributed by atoms with Crippen LogP contribution in [0.5, 0.6) is 17.2 Å². The molecule has 6 aromatic rings. The number of nitriles is 1. The quantitative estimate of drug-likeness (QED) is 0.108. The van der Waals surface area contributed by atoms with E-state index < -0.39 is 40.1 Å². The fourth-order valence-electron chi connectivity index (χ4n) is 7.58. The molecule has 0 saturated carbocycles. The summed E-state index contributed by atoms with van der Waals surface area (Å²) in [4.78, 5) is 30.8. The SMILES string of the molecule is Cc1cc(N)ncc1S(=O)(=O)N1Cc2cc3c(cc2C[C@H]1C(=O)NC(Cc1ccc(-c2ccc(C#N)cc2)cc1)C(=O)O)OC[C@H](c1ccc(OCc2ccc(Cl)c(Cl)c2)cc1)O3. The van der Waals surface area contributed by atoms with Crippen molar-refractivity contribution in [1.82, 2.24) is 14.6 Å². The number of nitrogen functional groups attached to an aromatic ring is 1. The highest BCUT2D eigenvalue weighted by atomic mass is 35.5. The number of nitrogens with two attached hydrogens (primary N) is 1. The zero-order chi connectivity index (χ0) is 44.4. The Balaban J connectivity index is 1.02. The Morgan fingerprint density at radius 3 is 2.29 bits per heavy atom. The smallest absolute Gasteiger partial charge is 0.326 e. The number of nitrogens with zero attached hydrogens (tertiary/aromatic N) is 3. The van der Waals surface area contributed by atoms with Gasteiger partial charge in [-0.25, -0.2) is 18.2 Å². The molecule has 320 valence electrons. The summed E-state index contributed by atoms with van der Waals surface area (Å²) in [5, 5.41) is 22.9. The first-order chi connectivity index (χ1) is 30.2. The summed E-state index contributed by atoms with van der Waals surface area (Å²) in [7, 11) is -4.41. The Morgan fingerprint density at radius 1 is 0.937 bits per heavy atom. The van der Waals surface area contributed by atoms with Gasteiger partial charge in [-0.2, -0.15) is 9.57 Å². The molecule has 0 spiro atoms. The molecular formula is C47H39Cl2N5O8S. The Labute approximate surface area is 373 Å². The minimum absolute atomic E-state index is 0.0693. The number of carboxylic acids is 1. The number of aryl methyl sites for hydroxylation is 1. The number of anilines is 1. The number of pyridine rings is 1. The molecule has 0 bridgehead atoms. The number of benzene rings is 5. The van der Waals surface area contributed by atoms with E-state index in [1.807, 2.05) is 54.6 Å². The van der Waals surface area contributed by atoms with E-state index >= 15 is 0 Å². The summed E-state index contributed by atoms with van der Waals surface area (Å²) in [6.07, 6.45) is 0.506. The van der Waals surface area contributed by atoms with Crippen LogP contribution in [0.4, 0.5) is 5.82 Å². The van der Waals surface area contributed by atoms with Crippen LogP contribution in [0.25, 0.3) is 11.1 Å². The molecule has 63 heavy (non-hydrogen) atoms. The van der Waals surface area contributed by atoms with Crippen molar-refractivity contribution in [2.75, 3.05) is 12.3 Å². The highest BCUT2D eigenvalue weighted by molar-refractivity contribution is 7.89. The van der Waals surface area contributed by atoms with Gasteiger partial charge in [0.2, 0.25) is 15.9 Å². The Hall–Kier alpha value is -6.63. The Kier molecular flexibility index (Phi) is 12.3. The van der Waals surface area contributed by atoms with Crippen LogP contribution >= 0.6 is 23.2 Å². The van der Waals surface area contributed by atoms with Gasteiger partial charge in [0.25, 0.3) is 0 Å². The second-order valence-electron chi connectivity index (χ2n) is 15.2. The fraction of sp³-hybridized carbons (Fsp3) is 0.191. The second kappa shape index (κ2) is 18.0. The van der Waals surface area contributed by atoms with E-state index in [2.05, 4.69) is 16.4 Å². The lowest BCUT2D eigenvalue weighted by Gasteiger charge is -2.37. The maximum absolute atomic E-state index is 14.5. The first-order valence-electron chi connectivity index (χ1n) is 19.7. The van der Waals surface area contributed by atoms with Crippen LogP contribution in [-0.2, 0) is 45.6 Å². The number of carbonyl (C=O) groups is 2. The van der Waals surface area contributed by atoms with E-state index in [1.54, 1.807) is 55.5 Å². The Morgan fingerprint density at radius 2 is 1.62 bits per heavy atom. The van der Waals surface area contributed by atoms with E-state index in [-0.39, 0.29) is 36.7 Å². The van der Waals surface area contributed by atoms with E-state index in [0.29, 0.717) is 61.7 Å². The van der Waals surface area contributed by atoms with Crippen molar-refractivity contribution < 1.29 is 37.3 Å². The molecule has 0 fully saturated rings. The van der Waals surface area contributed by atoms with E-state index in [4.69, 9.17) is 48.4 Å². The van der Waals surface area contributed by atoms with Gasteiger partial charge in [-0.1, -0.05) is 77.8 Å². The minimum atomic E-state index is -4.41. The van der Waals surface area contributed by atoms with Gasteiger partial charge in [0.1, 0.15) is 41.8 Å². The van der Waals surface area contributed by atoms with Gasteiger partial charge in [0.05, 0.1) is 21.7 Å². The number of aliphatic carboxylic acids is 1. The lowest BCUT2D eigenvalue weighted by molar-refractivity contribution is -0.142. The fourth-order valence-corrected chi connectivity index (χ4v) is 9.62. The van der Waals surface area contributed by atoms with Gasteiger partial charge in [-0.3, -0.25) is 4.79 Å². The summed E-state index contributed by atoms with van der Waals surface area (Å²) in [6.45, 7) is 1.82. The minimum Gasteiger partial charge on any atom is -0.489 e. The summed E-state index contributed by atoms with van der Waals surface area (Å²) in [5.41, 5.74) is 12.0. The third-order valence-corrected chi connectivity index (χ3v) is 13.7. The highest BCUT2D eigenvalue weighted by Gasteiger charge is 2.42. The molecule has 0 aliphatic carbocycles. The first-order valence-corrected chi connectivity index (χ1v) is 21.9. The summed E-state index contributed by atoms with van der Waals surface area (Å²) < 4.78 is 48.6. The molecule has 3 heterocycles. The molecule has 0 saturated heterocycles. The molecule has 2 aliphatic heterocycles. The van der Waals surface area contributed by atoms with Gasteiger partial charge < -0.3 is 30.4 Å². The average molecular weight is 905 g/mol. The number of carbonyl (C=O) groups excluding carboxylic acids is 1. The summed E-state index contributed by atoms with van der Waals surface area (Å²) in [5.74, 6) is -0.496. The molecule has 1 unspecified atom stereocenters. The number of rotatable bonds is 12. The third kappa shape index (κ3) is 9.42. The van der Waals surface area contributed by atoms with Crippen LogP contribution in [0, 0.1) is 18.3 Å². The lowest BCUT2D eigenvalue weighted by Crippen LogP contribution is -2.55. The summed E-state index contributed by atoms with van der Waals surface area (Å²) >= 11 is 12.2. The topological polar surface area (TPSA) is 194 Å². The monoisotopic (exact) mass is 903 g/mol. The molecule has 5 aromatic carbocycles. The molecule has 1 amide bonds. The molecular weight excluding hydrogens is 866 g/mol. The van der Waals surface area contributed by atoms with Crippen molar-refractivity contribution in [1.29, 1.82) is 5.26 Å². The van der Waals surface area contributed by atoms with Gasteiger partial charge in [-0.05, 0) is 112 Å². The predicted octanol–water partition coefficient (Wildman–Crippen LogP) is 7.84. The van der Waals surface area contributed by atoms with Crippen molar-refractivity contribution in [3.63, 3.8) is 0 Å². The number of nitrogens with one attached hydrogen (secondary N) is 1. The third-order valence-electron chi connectivity index (χ3n) is 11.0. The number of ether oxygens (including phenoxy) is 3. The zero-order valence-corrected chi connectivity index (χ0v) is 36.0. The number of fused-ring (bicyclic) bond motifs is 2. The second-order valence-corrected chi connectivity index (χ2v) is 17.9. The van der Waals surface area contributed by atoms with Crippen molar-refractivity contribution >= 4 is 50.9 Å². The van der Waals surface area contributed by atoms with Crippen LogP contribution in [0.15, 0.2) is 120 Å². The molecule has 3 atom stereocenters. The predicted molar refractivity (Wildman–Crippen MR) is 236 cm³/mol. The molecule has 0 radical (unpaired) electrons. The van der Waals surface area contributed by atoms with Gasteiger partial charge >= 0.3 is 5.97 Å². The number of sulfonamides is 1. The number of amides is 1. The van der Waals surface area contributed by atoms with Crippen LogP contribution in [-0.4, -0.2) is 53.4 Å². The van der Waals surface area contributed by atoms with Gasteiger partial charge in [0.15, 0.2) is 17.6 Å². The van der Waals surface area contributed by atoms with Gasteiger partial charge in [0, 0.05) is 19.2 Å². The largest absolute Gasteiger partial charge is 0.489 e. The number of hydrogen-bond donors (Lipinski definition) is 3.